The van der Waals surface area contributed by atoms with Crippen LogP contribution in [0, 0.1) is 13.8 Å². The van der Waals surface area contributed by atoms with Gasteiger partial charge in [-0.05, 0) is 32.4 Å². The van der Waals surface area contributed by atoms with Crippen molar-refractivity contribution >= 4 is 29.0 Å². The van der Waals surface area contributed by atoms with Gasteiger partial charge < -0.3 is 0 Å². The molecule has 20 heavy (non-hydrogen) atoms. The van der Waals surface area contributed by atoms with Gasteiger partial charge in [-0.15, -0.1) is 0 Å². The zero-order valence-corrected chi connectivity index (χ0v) is 13.2. The molecule has 0 saturated carbocycles. The van der Waals surface area contributed by atoms with Crippen LogP contribution in [0.3, 0.4) is 0 Å². The summed E-state index contributed by atoms with van der Waals surface area (Å²) in [6.45, 7) is 6.35. The quantitative estimate of drug-likeness (QED) is 0.791. The van der Waals surface area contributed by atoms with Gasteiger partial charge in [-0.25, -0.2) is 0 Å². The monoisotopic (exact) mass is 310 g/mol. The topological polar surface area (TPSA) is 34.9 Å². The number of aromatic nitrogens is 2. The van der Waals surface area contributed by atoms with Crippen LogP contribution in [0.4, 0.5) is 0 Å². The van der Waals surface area contributed by atoms with Gasteiger partial charge in [0.15, 0.2) is 5.78 Å². The molecule has 0 aliphatic heterocycles. The van der Waals surface area contributed by atoms with Gasteiger partial charge in [0.05, 0.1) is 22.8 Å². The molecule has 0 bridgehead atoms. The largest absolute Gasteiger partial charge is 0.294 e. The van der Waals surface area contributed by atoms with Gasteiger partial charge in [-0.1, -0.05) is 35.3 Å². The Hall–Kier alpha value is -1.32. The molecular weight excluding hydrogens is 295 g/mol. The Labute approximate surface area is 128 Å². The number of carbonyl (C=O) groups excluding carboxylic acids is 1. The number of aryl methyl sites for hydroxylation is 2. The van der Waals surface area contributed by atoms with Gasteiger partial charge in [-0.3, -0.25) is 9.48 Å². The fourth-order valence-corrected chi connectivity index (χ4v) is 2.57. The molecule has 1 aromatic heterocycles. The Morgan fingerprint density at radius 3 is 2.65 bits per heavy atom. The molecule has 0 fully saturated rings. The normalized spacial score (nSPS) is 10.8. The lowest BCUT2D eigenvalue weighted by atomic mass is 10.0. The first-order chi connectivity index (χ1) is 9.45. The third-order valence-corrected chi connectivity index (χ3v) is 4.25. The van der Waals surface area contributed by atoms with Crippen molar-refractivity contribution in [2.24, 2.45) is 0 Å². The second-order valence-corrected chi connectivity index (χ2v) is 5.46. The SMILES string of the molecule is CCn1nc(C)c(Cl)c1CC(=O)c1cccc(Cl)c1C. The molecule has 0 radical (unpaired) electrons. The predicted molar refractivity (Wildman–Crippen MR) is 81.9 cm³/mol. The molecule has 1 aromatic carbocycles. The average molecular weight is 311 g/mol. The molecule has 106 valence electrons. The van der Waals surface area contributed by atoms with Gasteiger partial charge in [0.1, 0.15) is 0 Å². The van der Waals surface area contributed by atoms with E-state index in [2.05, 4.69) is 5.10 Å². The van der Waals surface area contributed by atoms with E-state index >= 15 is 0 Å². The highest BCUT2D eigenvalue weighted by Crippen LogP contribution is 2.24. The summed E-state index contributed by atoms with van der Waals surface area (Å²) in [6, 6.07) is 5.35. The second-order valence-electron chi connectivity index (χ2n) is 4.67. The minimum atomic E-state index is 0.00139. The molecule has 0 spiro atoms. The van der Waals surface area contributed by atoms with E-state index in [4.69, 9.17) is 23.2 Å². The molecule has 5 heteroatoms. The number of ketones is 1. The van der Waals surface area contributed by atoms with E-state index < -0.39 is 0 Å². The zero-order chi connectivity index (χ0) is 14.9. The van der Waals surface area contributed by atoms with Crippen LogP contribution in [-0.4, -0.2) is 15.6 Å². The zero-order valence-electron chi connectivity index (χ0n) is 11.7. The van der Waals surface area contributed by atoms with E-state index in [-0.39, 0.29) is 12.2 Å². The summed E-state index contributed by atoms with van der Waals surface area (Å²) in [5.41, 5.74) is 2.94. The van der Waals surface area contributed by atoms with E-state index in [1.54, 1.807) is 22.9 Å². The van der Waals surface area contributed by atoms with Crippen molar-refractivity contribution in [3.63, 3.8) is 0 Å². The first-order valence-corrected chi connectivity index (χ1v) is 7.21. The van der Waals surface area contributed by atoms with E-state index in [9.17, 15) is 4.79 Å². The highest BCUT2D eigenvalue weighted by atomic mass is 35.5. The van der Waals surface area contributed by atoms with Gasteiger partial charge in [0.2, 0.25) is 0 Å². The van der Waals surface area contributed by atoms with Crippen LogP contribution in [-0.2, 0) is 13.0 Å². The molecule has 0 aliphatic carbocycles. The summed E-state index contributed by atoms with van der Waals surface area (Å²) in [7, 11) is 0. The Balaban J connectivity index is 2.35. The molecule has 0 unspecified atom stereocenters. The summed E-state index contributed by atoms with van der Waals surface area (Å²) in [5, 5.41) is 5.49. The van der Waals surface area contributed by atoms with E-state index in [0.29, 0.717) is 22.2 Å². The minimum Gasteiger partial charge on any atom is -0.294 e. The van der Waals surface area contributed by atoms with Gasteiger partial charge >= 0.3 is 0 Å². The fourth-order valence-electron chi connectivity index (χ4n) is 2.19. The summed E-state index contributed by atoms with van der Waals surface area (Å²) in [4.78, 5) is 12.5. The highest BCUT2D eigenvalue weighted by Gasteiger charge is 2.18. The first-order valence-electron chi connectivity index (χ1n) is 6.45. The number of hydrogen-bond donors (Lipinski definition) is 0. The van der Waals surface area contributed by atoms with Crippen LogP contribution in [0.5, 0.6) is 0 Å². The maximum Gasteiger partial charge on any atom is 0.169 e. The summed E-state index contributed by atoms with van der Waals surface area (Å²) in [6.07, 6.45) is 0.231. The lowest BCUT2D eigenvalue weighted by Crippen LogP contribution is -2.11. The van der Waals surface area contributed by atoms with Crippen molar-refractivity contribution < 1.29 is 4.79 Å². The Morgan fingerprint density at radius 1 is 1.30 bits per heavy atom. The number of benzene rings is 1. The molecule has 0 amide bonds. The van der Waals surface area contributed by atoms with Crippen molar-refractivity contribution in [3.05, 3.63) is 50.8 Å². The molecule has 1 heterocycles. The molecule has 0 N–H and O–H groups in total. The van der Waals surface area contributed by atoms with Crippen LogP contribution in [0.15, 0.2) is 18.2 Å². The van der Waals surface area contributed by atoms with Gasteiger partial charge in [0.25, 0.3) is 0 Å². The summed E-state index contributed by atoms with van der Waals surface area (Å²) < 4.78 is 1.77. The fraction of sp³-hybridized carbons (Fsp3) is 0.333. The van der Waals surface area contributed by atoms with Crippen molar-refractivity contribution in [3.8, 4) is 0 Å². The lowest BCUT2D eigenvalue weighted by Gasteiger charge is -2.08. The van der Waals surface area contributed by atoms with E-state index in [1.807, 2.05) is 20.8 Å². The molecule has 0 atom stereocenters. The molecular formula is C15H16Cl2N2O. The Morgan fingerprint density at radius 2 is 2.00 bits per heavy atom. The molecule has 0 saturated heterocycles. The maximum atomic E-state index is 12.5. The number of rotatable bonds is 4. The second kappa shape index (κ2) is 5.98. The number of Topliss-reactive ketones (excluding diaryl/α,β-unsaturated/α-hetero) is 1. The Bertz CT molecular complexity index is 662. The van der Waals surface area contributed by atoms with Gasteiger partial charge in [-0.2, -0.15) is 5.10 Å². The number of nitrogens with zero attached hydrogens (tertiary/aromatic N) is 2. The van der Waals surface area contributed by atoms with Crippen LogP contribution < -0.4 is 0 Å². The van der Waals surface area contributed by atoms with Crippen LogP contribution in [0.1, 0.15) is 34.2 Å². The van der Waals surface area contributed by atoms with Crippen molar-refractivity contribution in [1.29, 1.82) is 0 Å². The van der Waals surface area contributed by atoms with Gasteiger partial charge in [0, 0.05) is 17.1 Å². The van der Waals surface area contributed by atoms with E-state index in [1.165, 1.54) is 0 Å². The first kappa shape index (κ1) is 15.1. The van der Waals surface area contributed by atoms with Crippen molar-refractivity contribution in [2.75, 3.05) is 0 Å². The molecule has 3 nitrogen and oxygen atoms in total. The number of hydrogen-bond acceptors (Lipinski definition) is 2. The third-order valence-electron chi connectivity index (χ3n) is 3.35. The number of carbonyl (C=O) groups is 1. The molecule has 2 aromatic rings. The van der Waals surface area contributed by atoms with Crippen LogP contribution in [0.25, 0.3) is 0 Å². The predicted octanol–water partition coefficient (Wildman–Crippen LogP) is 4.25. The van der Waals surface area contributed by atoms with E-state index in [0.717, 1.165) is 17.0 Å². The summed E-state index contributed by atoms with van der Waals surface area (Å²) in [5.74, 6) is 0.00139. The summed E-state index contributed by atoms with van der Waals surface area (Å²) >= 11 is 12.3. The van der Waals surface area contributed by atoms with Crippen molar-refractivity contribution in [2.45, 2.75) is 33.7 Å². The average Bonchev–Trinajstić information content (AvgIpc) is 2.69. The maximum absolute atomic E-state index is 12.5. The van der Waals surface area contributed by atoms with Crippen LogP contribution in [0.2, 0.25) is 10.0 Å². The van der Waals surface area contributed by atoms with Crippen molar-refractivity contribution in [1.82, 2.24) is 9.78 Å². The van der Waals surface area contributed by atoms with Crippen LogP contribution >= 0.6 is 23.2 Å². The lowest BCUT2D eigenvalue weighted by molar-refractivity contribution is 0.0990. The standard InChI is InChI=1S/C15H16Cl2N2O/c1-4-19-13(15(17)10(3)18-19)8-14(20)11-6-5-7-12(16)9(11)2/h5-7H,4,8H2,1-3H3. The highest BCUT2D eigenvalue weighted by molar-refractivity contribution is 6.32. The molecule has 0 aliphatic rings. The number of halogens is 2. The minimum absolute atomic E-state index is 0.00139. The molecule has 2 rings (SSSR count). The Kier molecular flexibility index (Phi) is 4.51. The smallest absolute Gasteiger partial charge is 0.169 e. The third kappa shape index (κ3) is 2.74.